The fourth-order valence-corrected chi connectivity index (χ4v) is 5.98. The molecule has 0 aliphatic carbocycles. The summed E-state index contributed by atoms with van der Waals surface area (Å²) in [6, 6.07) is 8.64. The molecule has 32 heavy (non-hydrogen) atoms. The zero-order valence-corrected chi connectivity index (χ0v) is 19.1. The predicted octanol–water partition coefficient (Wildman–Crippen LogP) is 3.29. The summed E-state index contributed by atoms with van der Waals surface area (Å²) in [5.74, 6) is -0.164. The van der Waals surface area contributed by atoms with Crippen LogP contribution in [0.1, 0.15) is 44.1 Å². The highest BCUT2D eigenvalue weighted by molar-refractivity contribution is 7.93. The predicted molar refractivity (Wildman–Crippen MR) is 119 cm³/mol. The van der Waals surface area contributed by atoms with Gasteiger partial charge in [0, 0.05) is 24.7 Å². The van der Waals surface area contributed by atoms with E-state index in [2.05, 4.69) is 10.3 Å². The first-order chi connectivity index (χ1) is 15.0. The molecular formula is C22H25FN4O4S. The lowest BCUT2D eigenvalue weighted by atomic mass is 10.1. The van der Waals surface area contributed by atoms with Crippen LogP contribution in [-0.4, -0.2) is 52.5 Å². The van der Waals surface area contributed by atoms with Gasteiger partial charge < -0.3 is 10.1 Å². The van der Waals surface area contributed by atoms with E-state index in [4.69, 9.17) is 9.84 Å². The highest BCUT2D eigenvalue weighted by atomic mass is 32.2. The maximum absolute atomic E-state index is 13.3. The largest absolute Gasteiger partial charge is 0.461 e. The van der Waals surface area contributed by atoms with Crippen molar-refractivity contribution in [1.29, 1.82) is 0 Å². The van der Waals surface area contributed by atoms with Gasteiger partial charge in [0.15, 0.2) is 9.84 Å². The van der Waals surface area contributed by atoms with E-state index in [1.807, 2.05) is 19.9 Å². The van der Waals surface area contributed by atoms with Crippen LogP contribution in [0.15, 0.2) is 36.5 Å². The van der Waals surface area contributed by atoms with Crippen molar-refractivity contribution in [1.82, 2.24) is 20.1 Å². The van der Waals surface area contributed by atoms with Gasteiger partial charge in [-0.3, -0.25) is 14.5 Å². The Labute approximate surface area is 185 Å². The van der Waals surface area contributed by atoms with Crippen molar-refractivity contribution in [3.8, 4) is 17.0 Å². The SMILES string of the molecule is CC(F)Oc1cccc(-c2nn(C(C)C)c3cc(C(=O)NC4(C)CS(=O)(=O)C4)cnc23)c1. The Morgan fingerprint density at radius 1 is 1.25 bits per heavy atom. The van der Waals surface area contributed by atoms with Gasteiger partial charge in [-0.2, -0.15) is 5.10 Å². The number of sulfone groups is 1. The van der Waals surface area contributed by atoms with Crippen LogP contribution >= 0.6 is 0 Å². The number of nitrogens with one attached hydrogen (secondary N) is 1. The summed E-state index contributed by atoms with van der Waals surface area (Å²) in [6.07, 6.45) is 0.00975. The number of nitrogens with zero attached hydrogens (tertiary/aromatic N) is 3. The van der Waals surface area contributed by atoms with Crippen molar-refractivity contribution in [3.05, 3.63) is 42.1 Å². The van der Waals surface area contributed by atoms with E-state index < -0.39 is 21.7 Å². The fraction of sp³-hybridized carbons (Fsp3) is 0.409. The van der Waals surface area contributed by atoms with Gasteiger partial charge in [0.05, 0.1) is 28.1 Å². The molecule has 170 valence electrons. The second-order valence-corrected chi connectivity index (χ2v) is 10.8. The molecule has 1 N–H and O–H groups in total. The van der Waals surface area contributed by atoms with E-state index in [-0.39, 0.29) is 23.5 Å². The third kappa shape index (κ3) is 4.32. The Kier molecular flexibility index (Phi) is 5.44. The maximum atomic E-state index is 13.3. The topological polar surface area (TPSA) is 103 Å². The van der Waals surface area contributed by atoms with Crippen LogP contribution in [0.4, 0.5) is 4.39 Å². The fourth-order valence-electron chi connectivity index (χ4n) is 3.98. The second-order valence-electron chi connectivity index (χ2n) is 8.71. The zero-order chi connectivity index (χ0) is 23.3. The molecule has 1 amide bonds. The highest BCUT2D eigenvalue weighted by Gasteiger charge is 2.45. The van der Waals surface area contributed by atoms with E-state index in [0.717, 1.165) is 0 Å². The van der Waals surface area contributed by atoms with E-state index in [0.29, 0.717) is 33.6 Å². The number of carbonyl (C=O) groups is 1. The van der Waals surface area contributed by atoms with Crippen molar-refractivity contribution in [2.24, 2.45) is 0 Å². The Hall–Kier alpha value is -3.01. The van der Waals surface area contributed by atoms with Gasteiger partial charge in [-0.05, 0) is 39.0 Å². The Bertz CT molecular complexity index is 1290. The molecule has 0 radical (unpaired) electrons. The molecule has 1 atom stereocenters. The van der Waals surface area contributed by atoms with E-state index in [1.165, 1.54) is 13.1 Å². The van der Waals surface area contributed by atoms with Crippen LogP contribution in [0.25, 0.3) is 22.3 Å². The van der Waals surface area contributed by atoms with E-state index >= 15 is 0 Å². The number of fused-ring (bicyclic) bond motifs is 1. The quantitative estimate of drug-likeness (QED) is 0.606. The standard InChI is InChI=1S/C22H25FN4O4S/c1-13(2)27-18-9-16(21(28)25-22(4)11-32(29,30)12-22)10-24-20(18)19(26-27)15-6-5-7-17(8-15)31-14(3)23/h5-10,13-14H,11-12H2,1-4H3,(H,25,28). The van der Waals surface area contributed by atoms with Crippen LogP contribution in [0, 0.1) is 0 Å². The molecule has 1 unspecified atom stereocenters. The van der Waals surface area contributed by atoms with Gasteiger partial charge >= 0.3 is 0 Å². The molecule has 1 aliphatic heterocycles. The van der Waals surface area contributed by atoms with Crippen LogP contribution in [0.3, 0.4) is 0 Å². The summed E-state index contributed by atoms with van der Waals surface area (Å²) in [5.41, 5.74) is 2.11. The lowest BCUT2D eigenvalue weighted by molar-refractivity contribution is 0.0860. The van der Waals surface area contributed by atoms with Gasteiger partial charge in [-0.1, -0.05) is 12.1 Å². The lowest BCUT2D eigenvalue weighted by Crippen LogP contribution is -2.63. The summed E-state index contributed by atoms with van der Waals surface area (Å²) < 4.78 is 43.3. The van der Waals surface area contributed by atoms with Crippen molar-refractivity contribution in [3.63, 3.8) is 0 Å². The minimum absolute atomic E-state index is 0.00838. The minimum Gasteiger partial charge on any atom is -0.461 e. The molecule has 3 aromatic rings. The molecule has 10 heteroatoms. The number of ether oxygens (including phenoxy) is 1. The van der Waals surface area contributed by atoms with Crippen LogP contribution in [0.5, 0.6) is 5.75 Å². The lowest BCUT2D eigenvalue weighted by Gasteiger charge is -2.38. The summed E-state index contributed by atoms with van der Waals surface area (Å²) in [5, 5.41) is 7.50. The number of hydrogen-bond donors (Lipinski definition) is 1. The number of aromatic nitrogens is 3. The normalized spacial score (nSPS) is 17.7. The summed E-state index contributed by atoms with van der Waals surface area (Å²) in [6.45, 7) is 6.95. The number of alkyl halides is 1. The van der Waals surface area contributed by atoms with Gasteiger partial charge in [0.25, 0.3) is 5.91 Å². The second kappa shape index (κ2) is 7.84. The Balaban J connectivity index is 1.71. The average molecular weight is 461 g/mol. The molecule has 8 nitrogen and oxygen atoms in total. The molecular weight excluding hydrogens is 435 g/mol. The molecule has 0 spiro atoms. The molecule has 4 rings (SSSR count). The smallest absolute Gasteiger partial charge is 0.253 e. The molecule has 1 fully saturated rings. The zero-order valence-electron chi connectivity index (χ0n) is 18.3. The maximum Gasteiger partial charge on any atom is 0.253 e. The van der Waals surface area contributed by atoms with E-state index in [9.17, 15) is 17.6 Å². The molecule has 2 aromatic heterocycles. The Morgan fingerprint density at radius 2 is 1.97 bits per heavy atom. The van der Waals surface area contributed by atoms with Gasteiger partial charge in [-0.25, -0.2) is 12.8 Å². The molecule has 1 saturated heterocycles. The van der Waals surface area contributed by atoms with Crippen LogP contribution in [0.2, 0.25) is 0 Å². The van der Waals surface area contributed by atoms with Crippen LogP contribution in [-0.2, 0) is 9.84 Å². The first-order valence-corrected chi connectivity index (χ1v) is 12.1. The van der Waals surface area contributed by atoms with Crippen molar-refractivity contribution in [2.45, 2.75) is 45.6 Å². The van der Waals surface area contributed by atoms with Gasteiger partial charge in [0.2, 0.25) is 6.36 Å². The summed E-state index contributed by atoms with van der Waals surface area (Å²) in [7, 11) is -3.09. The number of rotatable bonds is 6. The van der Waals surface area contributed by atoms with Crippen molar-refractivity contribution in [2.75, 3.05) is 11.5 Å². The third-order valence-corrected chi connectivity index (χ3v) is 7.35. The minimum atomic E-state index is -3.09. The first-order valence-electron chi connectivity index (χ1n) is 10.3. The number of pyridine rings is 1. The van der Waals surface area contributed by atoms with Gasteiger partial charge in [0.1, 0.15) is 17.0 Å². The van der Waals surface area contributed by atoms with Crippen molar-refractivity contribution < 1.29 is 22.3 Å². The number of amides is 1. The van der Waals surface area contributed by atoms with E-state index in [1.54, 1.807) is 35.9 Å². The highest BCUT2D eigenvalue weighted by Crippen LogP contribution is 2.31. The third-order valence-electron chi connectivity index (χ3n) is 5.20. The Morgan fingerprint density at radius 3 is 2.59 bits per heavy atom. The number of benzene rings is 1. The molecule has 1 aliphatic rings. The van der Waals surface area contributed by atoms with Crippen molar-refractivity contribution >= 4 is 26.8 Å². The van der Waals surface area contributed by atoms with Crippen LogP contribution < -0.4 is 10.1 Å². The molecule has 0 saturated carbocycles. The first kappa shape index (κ1) is 22.2. The molecule has 3 heterocycles. The van der Waals surface area contributed by atoms with Gasteiger partial charge in [-0.15, -0.1) is 0 Å². The summed E-state index contributed by atoms with van der Waals surface area (Å²) in [4.78, 5) is 17.3. The number of halogens is 1. The number of hydrogen-bond acceptors (Lipinski definition) is 6. The summed E-state index contributed by atoms with van der Waals surface area (Å²) >= 11 is 0. The monoisotopic (exact) mass is 460 g/mol. The average Bonchev–Trinajstić information content (AvgIpc) is 3.05. The number of carbonyl (C=O) groups excluding carboxylic acids is 1. The molecule has 0 bridgehead atoms. The molecule has 1 aromatic carbocycles.